The molecule has 8 nitrogen and oxygen atoms in total. The lowest BCUT2D eigenvalue weighted by atomic mass is 10.0. The maximum atomic E-state index is 14.0. The SMILES string of the molecule is CN1CCC(N2CCN(C(=O)[C@@](C)(NC(=O)c3cc4ccc(Cl)cc4s3)N3CCOCC3)CC2)CC1. The summed E-state index contributed by atoms with van der Waals surface area (Å²) in [5.41, 5.74) is -1.13. The number of piperazine rings is 1. The van der Waals surface area contributed by atoms with E-state index >= 15 is 0 Å². The lowest BCUT2D eigenvalue weighted by molar-refractivity contribution is -0.151. The van der Waals surface area contributed by atoms with Crippen molar-refractivity contribution in [1.29, 1.82) is 0 Å². The normalized spacial score (nSPS) is 23.0. The van der Waals surface area contributed by atoms with E-state index in [9.17, 15) is 9.59 Å². The summed E-state index contributed by atoms with van der Waals surface area (Å²) in [6, 6.07) is 8.08. The number of carbonyl (C=O) groups is 2. The first-order valence-electron chi connectivity index (χ1n) is 12.9. The van der Waals surface area contributed by atoms with Crippen LogP contribution in [0, 0.1) is 0 Å². The first-order valence-corrected chi connectivity index (χ1v) is 14.1. The molecule has 0 bridgehead atoms. The van der Waals surface area contributed by atoms with Gasteiger partial charge in [-0.15, -0.1) is 11.3 Å². The Morgan fingerprint density at radius 3 is 2.42 bits per heavy atom. The Hall–Kier alpha value is -1.75. The third-order valence-electron chi connectivity index (χ3n) is 7.93. The molecule has 3 aliphatic rings. The Bertz CT molecular complexity index is 1090. The third-order valence-corrected chi connectivity index (χ3v) is 9.26. The minimum absolute atomic E-state index is 0.0371. The molecule has 0 spiro atoms. The fraction of sp³-hybridized carbons (Fsp3) is 0.615. The van der Waals surface area contributed by atoms with Crippen molar-refractivity contribution in [3.05, 3.63) is 34.2 Å². The molecule has 1 N–H and O–H groups in total. The van der Waals surface area contributed by atoms with Gasteiger partial charge in [0.1, 0.15) is 0 Å². The second kappa shape index (κ2) is 10.9. The zero-order chi connectivity index (χ0) is 25.3. The van der Waals surface area contributed by atoms with E-state index in [1.165, 1.54) is 24.2 Å². The number of carbonyl (C=O) groups excluding carboxylic acids is 2. The van der Waals surface area contributed by atoms with Crippen LogP contribution in [0.1, 0.15) is 29.4 Å². The second-order valence-corrected chi connectivity index (χ2v) is 11.8. The van der Waals surface area contributed by atoms with Gasteiger partial charge < -0.3 is 19.9 Å². The predicted molar refractivity (Wildman–Crippen MR) is 144 cm³/mol. The summed E-state index contributed by atoms with van der Waals surface area (Å²) in [7, 11) is 2.18. The highest BCUT2D eigenvalue weighted by molar-refractivity contribution is 7.20. The fourth-order valence-electron chi connectivity index (χ4n) is 5.64. The maximum Gasteiger partial charge on any atom is 0.263 e. The van der Waals surface area contributed by atoms with Crippen LogP contribution in [0.25, 0.3) is 10.1 Å². The number of hydrogen-bond acceptors (Lipinski definition) is 7. The number of morpholine rings is 1. The molecule has 0 aliphatic carbocycles. The average molecular weight is 534 g/mol. The summed E-state index contributed by atoms with van der Waals surface area (Å²) in [6.45, 7) is 9.53. The van der Waals surface area contributed by atoms with Crippen LogP contribution >= 0.6 is 22.9 Å². The number of rotatable bonds is 5. The van der Waals surface area contributed by atoms with Crippen LogP contribution in [-0.4, -0.2) is 116 Å². The molecule has 36 heavy (non-hydrogen) atoms. The van der Waals surface area contributed by atoms with E-state index in [4.69, 9.17) is 16.3 Å². The van der Waals surface area contributed by atoms with Crippen LogP contribution in [0.2, 0.25) is 5.02 Å². The summed E-state index contributed by atoms with van der Waals surface area (Å²) in [4.78, 5) is 37.0. The molecule has 196 valence electrons. The van der Waals surface area contributed by atoms with E-state index < -0.39 is 5.66 Å². The smallest absolute Gasteiger partial charge is 0.263 e. The number of ether oxygens (including phenoxy) is 1. The second-order valence-electron chi connectivity index (χ2n) is 10.3. The van der Waals surface area contributed by atoms with Crippen molar-refractivity contribution in [3.63, 3.8) is 0 Å². The maximum absolute atomic E-state index is 14.0. The molecule has 1 aromatic carbocycles. The van der Waals surface area contributed by atoms with Crippen LogP contribution in [-0.2, 0) is 9.53 Å². The number of nitrogens with zero attached hydrogens (tertiary/aromatic N) is 4. The van der Waals surface area contributed by atoms with E-state index in [-0.39, 0.29) is 11.8 Å². The van der Waals surface area contributed by atoms with Crippen molar-refractivity contribution in [2.75, 3.05) is 72.6 Å². The molecule has 3 aliphatic heterocycles. The largest absolute Gasteiger partial charge is 0.379 e. The van der Waals surface area contributed by atoms with Crippen molar-refractivity contribution in [2.45, 2.75) is 31.5 Å². The molecular formula is C26H36ClN5O3S. The van der Waals surface area contributed by atoms with Crippen molar-refractivity contribution >= 4 is 44.8 Å². The first-order chi connectivity index (χ1) is 17.3. The minimum Gasteiger partial charge on any atom is -0.379 e. The fourth-order valence-corrected chi connectivity index (χ4v) is 6.87. The topological polar surface area (TPSA) is 68.4 Å². The number of likely N-dealkylation sites (tertiary alicyclic amines) is 1. The standard InChI is InChI=1S/C26H36ClN5O3S/c1-26(32-13-15-35-16-14-32,28-24(33)23-17-19-3-4-20(27)18-22(19)36-23)25(34)31-11-9-30(10-12-31)21-5-7-29(2)8-6-21/h3-4,17-18,21H,5-16H2,1-2H3,(H,28,33)/t26-/m0/s1. The van der Waals surface area contributed by atoms with Crippen LogP contribution < -0.4 is 5.32 Å². The molecule has 3 fully saturated rings. The van der Waals surface area contributed by atoms with Gasteiger partial charge in [-0.05, 0) is 63.5 Å². The first kappa shape index (κ1) is 25.9. The lowest BCUT2D eigenvalue weighted by Gasteiger charge is -2.47. The van der Waals surface area contributed by atoms with Crippen LogP contribution in [0.15, 0.2) is 24.3 Å². The van der Waals surface area contributed by atoms with Gasteiger partial charge in [-0.2, -0.15) is 0 Å². The molecule has 1 atom stereocenters. The van der Waals surface area contributed by atoms with Gasteiger partial charge in [0.15, 0.2) is 5.66 Å². The zero-order valence-electron chi connectivity index (χ0n) is 21.2. The molecule has 10 heteroatoms. The monoisotopic (exact) mass is 533 g/mol. The Labute approximate surface area is 222 Å². The highest BCUT2D eigenvalue weighted by Gasteiger charge is 2.45. The number of fused-ring (bicyclic) bond motifs is 1. The number of benzene rings is 1. The van der Waals surface area contributed by atoms with Crippen LogP contribution in [0.5, 0.6) is 0 Å². The van der Waals surface area contributed by atoms with Gasteiger partial charge in [0.05, 0.1) is 18.1 Å². The van der Waals surface area contributed by atoms with Crippen molar-refractivity contribution in [2.24, 2.45) is 0 Å². The number of hydrogen-bond donors (Lipinski definition) is 1. The molecule has 5 rings (SSSR count). The number of thiophene rings is 1. The van der Waals surface area contributed by atoms with Crippen molar-refractivity contribution in [1.82, 2.24) is 24.9 Å². The van der Waals surface area contributed by atoms with Gasteiger partial charge in [0, 0.05) is 55.0 Å². The number of nitrogens with one attached hydrogen (secondary N) is 1. The minimum atomic E-state index is -1.13. The number of amides is 2. The highest BCUT2D eigenvalue weighted by Crippen LogP contribution is 2.29. The summed E-state index contributed by atoms with van der Waals surface area (Å²) < 4.78 is 6.51. The molecule has 2 amide bonds. The molecule has 0 unspecified atom stereocenters. The van der Waals surface area contributed by atoms with Crippen LogP contribution in [0.3, 0.4) is 0 Å². The van der Waals surface area contributed by atoms with Gasteiger partial charge in [0.25, 0.3) is 11.8 Å². The van der Waals surface area contributed by atoms with Gasteiger partial charge in [-0.1, -0.05) is 17.7 Å². The summed E-state index contributed by atoms with van der Waals surface area (Å²) >= 11 is 7.54. The number of piperidine rings is 1. The lowest BCUT2D eigenvalue weighted by Crippen LogP contribution is -2.70. The summed E-state index contributed by atoms with van der Waals surface area (Å²) in [5.74, 6) is -0.274. The van der Waals surface area contributed by atoms with E-state index in [0.717, 1.165) is 36.3 Å². The van der Waals surface area contributed by atoms with Crippen molar-refractivity contribution in [3.8, 4) is 0 Å². The molecule has 2 aromatic rings. The predicted octanol–water partition coefficient (Wildman–Crippen LogP) is 2.57. The van der Waals surface area contributed by atoms with E-state index in [0.29, 0.717) is 55.3 Å². The molecule has 3 saturated heterocycles. The quantitative estimate of drug-likeness (QED) is 0.637. The summed E-state index contributed by atoms with van der Waals surface area (Å²) in [6.07, 6.45) is 2.37. The van der Waals surface area contributed by atoms with E-state index in [1.807, 2.05) is 36.1 Å². The van der Waals surface area contributed by atoms with Gasteiger partial charge >= 0.3 is 0 Å². The molecule has 0 saturated carbocycles. The van der Waals surface area contributed by atoms with Crippen LogP contribution in [0.4, 0.5) is 0 Å². The molecular weight excluding hydrogens is 498 g/mol. The van der Waals surface area contributed by atoms with Gasteiger partial charge in [-0.3, -0.25) is 19.4 Å². The van der Waals surface area contributed by atoms with Gasteiger partial charge in [0.2, 0.25) is 0 Å². The zero-order valence-corrected chi connectivity index (χ0v) is 22.7. The molecule has 0 radical (unpaired) electrons. The summed E-state index contributed by atoms with van der Waals surface area (Å²) in [5, 5.41) is 4.74. The number of halogens is 1. The third kappa shape index (κ3) is 5.42. The van der Waals surface area contributed by atoms with Gasteiger partial charge in [-0.25, -0.2) is 0 Å². The Morgan fingerprint density at radius 1 is 1.03 bits per heavy atom. The highest BCUT2D eigenvalue weighted by atomic mass is 35.5. The molecule has 1 aromatic heterocycles. The average Bonchev–Trinajstić information content (AvgIpc) is 3.33. The molecule has 4 heterocycles. The Kier molecular flexibility index (Phi) is 7.86. The van der Waals surface area contributed by atoms with E-state index in [2.05, 4.69) is 27.1 Å². The van der Waals surface area contributed by atoms with E-state index in [1.54, 1.807) is 0 Å². The van der Waals surface area contributed by atoms with Crippen molar-refractivity contribution < 1.29 is 14.3 Å². The Balaban J connectivity index is 1.30. The Morgan fingerprint density at radius 2 is 1.72 bits per heavy atom.